The lowest BCUT2D eigenvalue weighted by Gasteiger charge is -2.64. The summed E-state index contributed by atoms with van der Waals surface area (Å²) in [6.45, 7) is 5.55. The third-order valence-corrected chi connectivity index (χ3v) is 7.23. The molecule has 4 aliphatic rings. The van der Waals surface area contributed by atoms with Crippen LogP contribution in [0, 0.1) is 0 Å². The van der Waals surface area contributed by atoms with Gasteiger partial charge in [0.1, 0.15) is 0 Å². The largest absolute Gasteiger partial charge is 0.493 e. The minimum atomic E-state index is -0.882. The highest BCUT2D eigenvalue weighted by molar-refractivity contribution is 5.94. The van der Waals surface area contributed by atoms with Crippen molar-refractivity contribution in [3.8, 4) is 11.5 Å². The molecule has 1 unspecified atom stereocenters. The lowest BCUT2D eigenvalue weighted by Crippen LogP contribution is -2.80. The average Bonchev–Trinajstić information content (AvgIpc) is 2.87. The van der Waals surface area contributed by atoms with E-state index in [-0.39, 0.29) is 24.2 Å². The normalized spacial score (nSPS) is 38.9. The predicted molar refractivity (Wildman–Crippen MR) is 99.7 cm³/mol. The first-order valence-electron chi connectivity index (χ1n) is 9.34. The molecule has 1 saturated heterocycles. The fourth-order valence-electron chi connectivity index (χ4n) is 6.35. The average molecular weight is 380 g/mol. The van der Waals surface area contributed by atoms with E-state index in [1.54, 1.807) is 7.11 Å². The van der Waals surface area contributed by atoms with Crippen LogP contribution in [0.25, 0.3) is 0 Å². The monoisotopic (exact) mass is 379 g/mol. The molecule has 2 bridgehead atoms. The number of ketones is 1. The molecule has 1 spiro atoms. The van der Waals surface area contributed by atoms with Gasteiger partial charge in [-0.1, -0.05) is 6.07 Å². The quantitative estimate of drug-likeness (QED) is 0.874. The number of benzene rings is 1. The van der Waals surface area contributed by atoms with Crippen LogP contribution >= 0.6 is 12.4 Å². The molecule has 6 heteroatoms. The van der Waals surface area contributed by atoms with E-state index in [1.165, 1.54) is 11.1 Å². The zero-order valence-electron chi connectivity index (χ0n) is 15.5. The molecule has 4 atom stereocenters. The molecule has 1 N–H and O–H groups in total. The number of hydrogen-bond donors (Lipinski definition) is 1. The SMILES string of the molecule is CCO[C@@]12CCC(=O)C3(C)Oc4c(OC)ccc5c4[C@@]31CCN[C@@H]2C5.Cl. The Kier molecular flexibility index (Phi) is 3.89. The Hall–Kier alpha value is -1.30. The number of hydrogen-bond acceptors (Lipinski definition) is 5. The van der Waals surface area contributed by atoms with E-state index < -0.39 is 16.6 Å². The third kappa shape index (κ3) is 1.68. The van der Waals surface area contributed by atoms with E-state index in [9.17, 15) is 4.79 Å². The number of carbonyl (C=O) groups excluding carboxylic acids is 1. The number of methoxy groups -OCH3 is 1. The van der Waals surface area contributed by atoms with Crippen molar-refractivity contribution in [1.82, 2.24) is 5.32 Å². The summed E-state index contributed by atoms with van der Waals surface area (Å²) in [5.74, 6) is 1.68. The summed E-state index contributed by atoms with van der Waals surface area (Å²) in [6.07, 6.45) is 3.01. The molecule has 5 nitrogen and oxygen atoms in total. The molecule has 2 heterocycles. The maximum atomic E-state index is 13.1. The van der Waals surface area contributed by atoms with Gasteiger partial charge < -0.3 is 19.5 Å². The molecular weight excluding hydrogens is 354 g/mol. The molecule has 1 aromatic rings. The van der Waals surface area contributed by atoms with Gasteiger partial charge in [0.15, 0.2) is 22.9 Å². The van der Waals surface area contributed by atoms with Crippen LogP contribution < -0.4 is 14.8 Å². The maximum absolute atomic E-state index is 13.1. The minimum absolute atomic E-state index is 0. The molecule has 0 aromatic heterocycles. The van der Waals surface area contributed by atoms with E-state index in [4.69, 9.17) is 14.2 Å². The molecule has 26 heavy (non-hydrogen) atoms. The van der Waals surface area contributed by atoms with Gasteiger partial charge in [-0.05, 0) is 51.3 Å². The number of halogens is 1. The van der Waals surface area contributed by atoms with Gasteiger partial charge in [0.2, 0.25) is 0 Å². The summed E-state index contributed by atoms with van der Waals surface area (Å²) < 4.78 is 18.6. The molecule has 2 fully saturated rings. The summed E-state index contributed by atoms with van der Waals surface area (Å²) in [5, 5.41) is 3.69. The van der Waals surface area contributed by atoms with E-state index in [0.29, 0.717) is 13.0 Å². The Bertz CT molecular complexity index is 783. The smallest absolute Gasteiger partial charge is 0.177 e. The standard InChI is InChI=1S/C20H25NO4.ClH/c1-4-24-20-8-7-15(22)18(2)19(20)9-10-21-14(20)11-12-5-6-13(23-3)17(25-18)16(12)19;/h5-6,14,21H,4,7-11H2,1-3H3;1H/t14-,18?,19+,20-;/m1./s1. The Morgan fingerprint density at radius 3 is 2.88 bits per heavy atom. The molecular formula is C20H26ClNO4. The van der Waals surface area contributed by atoms with Crippen molar-refractivity contribution in [1.29, 1.82) is 0 Å². The van der Waals surface area contributed by atoms with Crippen LogP contribution in [0.1, 0.15) is 44.2 Å². The molecule has 1 saturated carbocycles. The molecule has 2 aliphatic carbocycles. The number of rotatable bonds is 3. The second-order valence-electron chi connectivity index (χ2n) is 7.88. The van der Waals surface area contributed by atoms with E-state index >= 15 is 0 Å². The fraction of sp³-hybridized carbons (Fsp3) is 0.650. The predicted octanol–water partition coefficient (Wildman–Crippen LogP) is 2.56. The first kappa shape index (κ1) is 18.1. The summed E-state index contributed by atoms with van der Waals surface area (Å²) in [6, 6.07) is 4.33. The summed E-state index contributed by atoms with van der Waals surface area (Å²) in [7, 11) is 1.66. The van der Waals surface area contributed by atoms with E-state index in [2.05, 4.69) is 11.4 Å². The number of ether oxygens (including phenoxy) is 3. The van der Waals surface area contributed by atoms with Crippen LogP contribution in [0.4, 0.5) is 0 Å². The van der Waals surface area contributed by atoms with Crippen LogP contribution in [0.15, 0.2) is 12.1 Å². The van der Waals surface area contributed by atoms with Crippen molar-refractivity contribution >= 4 is 18.2 Å². The summed E-state index contributed by atoms with van der Waals surface area (Å²) in [5.41, 5.74) is 0.731. The lowest BCUT2D eigenvalue weighted by molar-refractivity contribution is -0.207. The summed E-state index contributed by atoms with van der Waals surface area (Å²) >= 11 is 0. The van der Waals surface area contributed by atoms with Crippen LogP contribution in [-0.2, 0) is 21.4 Å². The van der Waals surface area contributed by atoms with Crippen LogP contribution in [0.3, 0.4) is 0 Å². The maximum Gasteiger partial charge on any atom is 0.177 e. The zero-order chi connectivity index (χ0) is 17.4. The third-order valence-electron chi connectivity index (χ3n) is 7.23. The molecule has 5 rings (SSSR count). The van der Waals surface area contributed by atoms with Gasteiger partial charge in [-0.15, -0.1) is 12.4 Å². The van der Waals surface area contributed by atoms with Gasteiger partial charge in [0.25, 0.3) is 0 Å². The molecule has 2 aliphatic heterocycles. The van der Waals surface area contributed by atoms with E-state index in [0.717, 1.165) is 37.3 Å². The molecule has 142 valence electrons. The van der Waals surface area contributed by atoms with Crippen molar-refractivity contribution in [2.24, 2.45) is 0 Å². The Balaban J connectivity index is 0.00000168. The van der Waals surface area contributed by atoms with Gasteiger partial charge in [-0.2, -0.15) is 0 Å². The second kappa shape index (κ2) is 5.60. The zero-order valence-corrected chi connectivity index (χ0v) is 16.3. The van der Waals surface area contributed by atoms with Crippen molar-refractivity contribution in [3.63, 3.8) is 0 Å². The fourth-order valence-corrected chi connectivity index (χ4v) is 6.35. The lowest BCUT2D eigenvalue weighted by atomic mass is 9.45. The first-order chi connectivity index (χ1) is 12.0. The highest BCUT2D eigenvalue weighted by Crippen LogP contribution is 2.68. The van der Waals surface area contributed by atoms with Crippen molar-refractivity contribution in [2.75, 3.05) is 20.3 Å². The van der Waals surface area contributed by atoms with Crippen molar-refractivity contribution in [2.45, 2.75) is 62.2 Å². The van der Waals surface area contributed by atoms with Crippen molar-refractivity contribution < 1.29 is 19.0 Å². The number of carbonyl (C=O) groups is 1. The molecule has 1 aromatic carbocycles. The van der Waals surface area contributed by atoms with Crippen LogP contribution in [0.2, 0.25) is 0 Å². The van der Waals surface area contributed by atoms with Gasteiger partial charge >= 0.3 is 0 Å². The van der Waals surface area contributed by atoms with Gasteiger partial charge in [-0.3, -0.25) is 4.79 Å². The van der Waals surface area contributed by atoms with E-state index in [1.807, 2.05) is 19.9 Å². The topological polar surface area (TPSA) is 56.8 Å². The highest BCUT2D eigenvalue weighted by Gasteiger charge is 2.77. The van der Waals surface area contributed by atoms with Crippen LogP contribution in [0.5, 0.6) is 11.5 Å². The second-order valence-corrected chi connectivity index (χ2v) is 7.88. The molecule has 0 radical (unpaired) electrons. The summed E-state index contributed by atoms with van der Waals surface area (Å²) in [4.78, 5) is 13.1. The number of nitrogens with one attached hydrogen (secondary N) is 1. The number of Topliss-reactive ketones (excluding diaryl/α,β-unsaturated/α-hetero) is 1. The Morgan fingerprint density at radius 2 is 2.15 bits per heavy atom. The van der Waals surface area contributed by atoms with Gasteiger partial charge in [0, 0.05) is 24.6 Å². The van der Waals surface area contributed by atoms with Crippen molar-refractivity contribution in [3.05, 3.63) is 23.3 Å². The highest BCUT2D eigenvalue weighted by atomic mass is 35.5. The van der Waals surface area contributed by atoms with Crippen LogP contribution in [-0.4, -0.2) is 43.3 Å². The number of piperidine rings is 1. The Labute approximate surface area is 160 Å². The first-order valence-corrected chi connectivity index (χ1v) is 9.34. The van der Waals surface area contributed by atoms with Gasteiger partial charge in [0.05, 0.1) is 18.1 Å². The minimum Gasteiger partial charge on any atom is -0.493 e. The molecule has 0 amide bonds. The van der Waals surface area contributed by atoms with Gasteiger partial charge in [-0.25, -0.2) is 0 Å². The Morgan fingerprint density at radius 1 is 1.35 bits per heavy atom.